The second kappa shape index (κ2) is 9.08. The number of aliphatic hydroxyl groups excluding tert-OH is 1. The van der Waals surface area contributed by atoms with Gasteiger partial charge in [-0.05, 0) is 24.6 Å². The number of carbonyl (C=O) groups excluding carboxylic acids is 1. The van der Waals surface area contributed by atoms with Crippen molar-refractivity contribution in [3.8, 4) is 0 Å². The summed E-state index contributed by atoms with van der Waals surface area (Å²) in [5.74, 6) is -0.0709. The molecule has 1 unspecified atom stereocenters. The summed E-state index contributed by atoms with van der Waals surface area (Å²) in [6.45, 7) is 0.958. The summed E-state index contributed by atoms with van der Waals surface area (Å²) < 4.78 is 0. The van der Waals surface area contributed by atoms with Crippen LogP contribution < -0.4 is 5.32 Å². The quantitative estimate of drug-likeness (QED) is 0.782. The Labute approximate surface area is 137 Å². The second-order valence-corrected chi connectivity index (χ2v) is 5.79. The van der Waals surface area contributed by atoms with Gasteiger partial charge in [0.25, 0.3) is 0 Å². The van der Waals surface area contributed by atoms with Crippen molar-refractivity contribution >= 4 is 5.91 Å². The fraction of sp³-hybridized carbons (Fsp3) is 0.316. The van der Waals surface area contributed by atoms with Gasteiger partial charge in [-0.15, -0.1) is 0 Å². The molecule has 4 nitrogen and oxygen atoms in total. The van der Waals surface area contributed by atoms with Crippen molar-refractivity contribution in [1.82, 2.24) is 10.2 Å². The Hall–Kier alpha value is -2.17. The smallest absolute Gasteiger partial charge is 0.234 e. The van der Waals surface area contributed by atoms with Gasteiger partial charge >= 0.3 is 0 Å². The lowest BCUT2D eigenvalue weighted by Crippen LogP contribution is -2.43. The van der Waals surface area contributed by atoms with E-state index in [2.05, 4.69) is 5.32 Å². The van der Waals surface area contributed by atoms with E-state index in [9.17, 15) is 9.90 Å². The van der Waals surface area contributed by atoms with E-state index in [1.807, 2.05) is 72.6 Å². The molecule has 122 valence electrons. The van der Waals surface area contributed by atoms with Crippen LogP contribution in [0.15, 0.2) is 60.7 Å². The van der Waals surface area contributed by atoms with Gasteiger partial charge in [-0.1, -0.05) is 60.7 Å². The van der Waals surface area contributed by atoms with Crippen LogP contribution in [-0.2, 0) is 17.8 Å². The Morgan fingerprint density at radius 2 is 1.61 bits per heavy atom. The van der Waals surface area contributed by atoms with Crippen LogP contribution in [0.5, 0.6) is 0 Å². The molecule has 0 saturated heterocycles. The van der Waals surface area contributed by atoms with Gasteiger partial charge in [0.1, 0.15) is 0 Å². The third kappa shape index (κ3) is 6.22. The summed E-state index contributed by atoms with van der Waals surface area (Å²) in [7, 11) is 1.91. The summed E-state index contributed by atoms with van der Waals surface area (Å²) in [5.41, 5.74) is 2.27. The maximum absolute atomic E-state index is 12.1. The largest absolute Gasteiger partial charge is 0.394 e. The molecule has 4 heteroatoms. The van der Waals surface area contributed by atoms with E-state index in [4.69, 9.17) is 0 Å². The monoisotopic (exact) mass is 312 g/mol. The van der Waals surface area contributed by atoms with Gasteiger partial charge in [-0.2, -0.15) is 0 Å². The van der Waals surface area contributed by atoms with Gasteiger partial charge in [0.2, 0.25) is 5.91 Å². The van der Waals surface area contributed by atoms with E-state index in [0.29, 0.717) is 13.0 Å². The number of carbonyl (C=O) groups is 1. The highest BCUT2D eigenvalue weighted by Crippen LogP contribution is 2.04. The number of likely N-dealkylation sites (N-methyl/N-ethyl adjacent to an activating group) is 1. The van der Waals surface area contributed by atoms with Crippen LogP contribution in [0.2, 0.25) is 0 Å². The number of nitrogens with zero attached hydrogens (tertiary/aromatic N) is 1. The van der Waals surface area contributed by atoms with E-state index < -0.39 is 0 Å². The fourth-order valence-corrected chi connectivity index (χ4v) is 2.53. The molecule has 2 aromatic carbocycles. The molecule has 1 atom stereocenters. The zero-order chi connectivity index (χ0) is 16.5. The lowest BCUT2D eigenvalue weighted by molar-refractivity contribution is -0.123. The molecule has 0 heterocycles. The number of hydrogen-bond donors (Lipinski definition) is 2. The molecule has 0 aliphatic carbocycles. The minimum atomic E-state index is -0.255. The van der Waals surface area contributed by atoms with Crippen LogP contribution >= 0.6 is 0 Å². The third-order valence-corrected chi connectivity index (χ3v) is 3.62. The summed E-state index contributed by atoms with van der Waals surface area (Å²) in [5, 5.41) is 12.4. The molecule has 0 aliphatic rings. The first kappa shape index (κ1) is 17.2. The maximum Gasteiger partial charge on any atom is 0.234 e. The zero-order valence-corrected chi connectivity index (χ0v) is 13.5. The predicted molar refractivity (Wildman–Crippen MR) is 91.9 cm³/mol. The number of hydrogen-bond acceptors (Lipinski definition) is 3. The SMILES string of the molecule is CN(CC(=O)NC(CO)Cc1ccccc1)Cc1ccccc1. The third-order valence-electron chi connectivity index (χ3n) is 3.62. The molecule has 0 saturated carbocycles. The Morgan fingerprint density at radius 1 is 1.04 bits per heavy atom. The Morgan fingerprint density at radius 3 is 2.17 bits per heavy atom. The minimum absolute atomic E-state index is 0.0664. The molecule has 2 N–H and O–H groups in total. The van der Waals surface area contributed by atoms with Crippen LogP contribution in [0.4, 0.5) is 0 Å². The molecule has 0 bridgehead atoms. The van der Waals surface area contributed by atoms with Crippen LogP contribution in [-0.4, -0.2) is 42.2 Å². The molecular weight excluding hydrogens is 288 g/mol. The topological polar surface area (TPSA) is 52.6 Å². The summed E-state index contributed by atoms with van der Waals surface area (Å²) >= 11 is 0. The molecule has 0 spiro atoms. The number of benzene rings is 2. The molecule has 2 rings (SSSR count). The van der Waals surface area contributed by atoms with Crippen LogP contribution in [0.3, 0.4) is 0 Å². The molecule has 23 heavy (non-hydrogen) atoms. The first-order valence-electron chi connectivity index (χ1n) is 7.84. The van der Waals surface area contributed by atoms with E-state index in [-0.39, 0.29) is 18.6 Å². The van der Waals surface area contributed by atoms with Crippen molar-refractivity contribution in [3.05, 3.63) is 71.8 Å². The fourth-order valence-electron chi connectivity index (χ4n) is 2.53. The highest BCUT2D eigenvalue weighted by molar-refractivity contribution is 5.78. The maximum atomic E-state index is 12.1. The first-order valence-corrected chi connectivity index (χ1v) is 7.84. The van der Waals surface area contributed by atoms with Gasteiger partial charge in [0, 0.05) is 6.54 Å². The van der Waals surface area contributed by atoms with Gasteiger partial charge in [-0.3, -0.25) is 9.69 Å². The summed E-state index contributed by atoms with van der Waals surface area (Å²) in [6.07, 6.45) is 0.630. The van der Waals surface area contributed by atoms with Crippen molar-refractivity contribution in [3.63, 3.8) is 0 Å². The van der Waals surface area contributed by atoms with Crippen molar-refractivity contribution in [2.45, 2.75) is 19.0 Å². The van der Waals surface area contributed by atoms with Gasteiger partial charge in [0.05, 0.1) is 19.2 Å². The molecule has 0 aliphatic heterocycles. The average molecular weight is 312 g/mol. The van der Waals surface area contributed by atoms with Crippen LogP contribution in [0.1, 0.15) is 11.1 Å². The molecular formula is C19H24N2O2. The molecule has 0 fully saturated rings. The Balaban J connectivity index is 1.80. The van der Waals surface area contributed by atoms with E-state index in [1.165, 1.54) is 5.56 Å². The normalized spacial score (nSPS) is 12.1. The van der Waals surface area contributed by atoms with E-state index in [0.717, 1.165) is 12.1 Å². The van der Waals surface area contributed by atoms with Crippen molar-refractivity contribution in [2.75, 3.05) is 20.2 Å². The van der Waals surface area contributed by atoms with Gasteiger partial charge < -0.3 is 10.4 Å². The Kier molecular flexibility index (Phi) is 6.78. The van der Waals surface area contributed by atoms with Gasteiger partial charge in [-0.25, -0.2) is 0 Å². The minimum Gasteiger partial charge on any atom is -0.394 e. The average Bonchev–Trinajstić information content (AvgIpc) is 2.56. The molecule has 1 amide bonds. The second-order valence-electron chi connectivity index (χ2n) is 5.79. The summed E-state index contributed by atoms with van der Waals surface area (Å²) in [6, 6.07) is 19.6. The highest BCUT2D eigenvalue weighted by Gasteiger charge is 2.13. The van der Waals surface area contributed by atoms with Gasteiger partial charge in [0.15, 0.2) is 0 Å². The standard InChI is InChI=1S/C19H24N2O2/c1-21(13-17-10-6-3-7-11-17)14-19(23)20-18(15-22)12-16-8-4-2-5-9-16/h2-11,18,22H,12-15H2,1H3,(H,20,23). The predicted octanol–water partition coefficient (Wildman–Crippen LogP) is 1.84. The lowest BCUT2D eigenvalue weighted by atomic mass is 10.1. The van der Waals surface area contributed by atoms with Crippen molar-refractivity contribution in [1.29, 1.82) is 0 Å². The highest BCUT2D eigenvalue weighted by atomic mass is 16.3. The van der Waals surface area contributed by atoms with Crippen LogP contribution in [0, 0.1) is 0 Å². The van der Waals surface area contributed by atoms with Crippen LogP contribution in [0.25, 0.3) is 0 Å². The number of nitrogens with one attached hydrogen (secondary N) is 1. The van der Waals surface area contributed by atoms with Crippen molar-refractivity contribution in [2.24, 2.45) is 0 Å². The van der Waals surface area contributed by atoms with E-state index in [1.54, 1.807) is 0 Å². The van der Waals surface area contributed by atoms with Crippen molar-refractivity contribution < 1.29 is 9.90 Å². The van der Waals surface area contributed by atoms with E-state index >= 15 is 0 Å². The number of aliphatic hydroxyl groups is 1. The zero-order valence-electron chi connectivity index (χ0n) is 13.5. The first-order chi connectivity index (χ1) is 11.2. The molecule has 2 aromatic rings. The molecule has 0 aromatic heterocycles. The number of amides is 1. The lowest BCUT2D eigenvalue weighted by Gasteiger charge is -2.20. The summed E-state index contributed by atoms with van der Waals surface area (Å²) in [4.78, 5) is 14.1. The number of rotatable bonds is 8. The molecule has 0 radical (unpaired) electrons. The Bertz CT molecular complexity index is 587.